The number of carbonyl (C=O) groups is 1. The highest BCUT2D eigenvalue weighted by Gasteiger charge is 2.66. The van der Waals surface area contributed by atoms with Gasteiger partial charge in [-0.2, -0.15) is 0 Å². The summed E-state index contributed by atoms with van der Waals surface area (Å²) in [6.07, 6.45) is 33.5. The van der Waals surface area contributed by atoms with Crippen molar-refractivity contribution in [2.24, 2.45) is 50.7 Å². The van der Waals surface area contributed by atoms with Crippen molar-refractivity contribution >= 4 is 5.97 Å². The largest absolute Gasteiger partial charge is 0.462 e. The Bertz CT molecular complexity index is 1160. The molecule has 0 aromatic heterocycles. The lowest BCUT2D eigenvalue weighted by Gasteiger charge is -2.69. The van der Waals surface area contributed by atoms with E-state index in [2.05, 4.69) is 74.5 Å². The molecule has 5 aliphatic carbocycles. The molecule has 5 rings (SSSR count). The van der Waals surface area contributed by atoms with Crippen molar-refractivity contribution < 1.29 is 9.53 Å². The van der Waals surface area contributed by atoms with Crippen LogP contribution in [0.4, 0.5) is 0 Å². The lowest BCUT2D eigenvalue weighted by atomic mass is 9.36. The van der Waals surface area contributed by atoms with Crippen LogP contribution >= 0.6 is 0 Å². The summed E-state index contributed by atoms with van der Waals surface area (Å²) in [5, 5.41) is 0. The average Bonchev–Trinajstić information content (AvgIpc) is 3.03. The molecule has 9 unspecified atom stereocenters. The summed E-state index contributed by atoms with van der Waals surface area (Å²) in [5.74, 6) is 2.92. The van der Waals surface area contributed by atoms with Crippen LogP contribution in [0.1, 0.15) is 204 Å². The molecule has 0 aliphatic heterocycles. The van der Waals surface area contributed by atoms with Gasteiger partial charge in [0.05, 0.1) is 0 Å². The quantitative estimate of drug-likeness (QED) is 0.129. The van der Waals surface area contributed by atoms with Crippen LogP contribution in [0.2, 0.25) is 0 Å². The Balaban J connectivity index is 1.14. The van der Waals surface area contributed by atoms with Crippen LogP contribution in [0.25, 0.3) is 0 Å². The fourth-order valence-corrected chi connectivity index (χ4v) is 12.9. The zero-order valence-corrected chi connectivity index (χ0v) is 33.4. The molecule has 0 bridgehead atoms. The second-order valence-corrected chi connectivity index (χ2v) is 19.7. The molecular weight excluding hydrogens is 585 g/mol. The fraction of sp³-hybridized carbons (Fsp3) is 0.891. The average molecular weight is 663 g/mol. The van der Waals surface area contributed by atoms with E-state index in [0.717, 1.165) is 37.0 Å². The zero-order valence-electron chi connectivity index (χ0n) is 33.4. The third kappa shape index (κ3) is 7.05. The number of esters is 1. The van der Waals surface area contributed by atoms with Gasteiger partial charge in [-0.25, -0.2) is 0 Å². The molecule has 0 saturated heterocycles. The molecule has 0 amide bonds. The molecule has 2 nitrogen and oxygen atoms in total. The first kappa shape index (κ1) is 38.2. The summed E-state index contributed by atoms with van der Waals surface area (Å²) >= 11 is 0. The summed E-state index contributed by atoms with van der Waals surface area (Å²) in [4.78, 5) is 13.2. The number of ether oxygens (including phenoxy) is 1. The highest BCUT2D eigenvalue weighted by molar-refractivity contribution is 5.69. The Hall–Kier alpha value is -1.05. The smallest absolute Gasteiger partial charge is 0.306 e. The zero-order chi connectivity index (χ0) is 34.8. The van der Waals surface area contributed by atoms with Gasteiger partial charge in [-0.05, 0) is 103 Å². The molecule has 0 N–H and O–H groups in total. The minimum Gasteiger partial charge on any atom is -0.462 e. The highest BCUT2D eigenvalue weighted by Crippen LogP contribution is 2.74. The molecule has 0 aromatic carbocycles. The van der Waals surface area contributed by atoms with Gasteiger partial charge in [-0.1, -0.05) is 163 Å². The maximum Gasteiger partial charge on any atom is 0.306 e. The van der Waals surface area contributed by atoms with Gasteiger partial charge in [0.15, 0.2) is 0 Å². The summed E-state index contributed by atoms with van der Waals surface area (Å²) in [6.45, 7) is 22.8. The van der Waals surface area contributed by atoms with Gasteiger partial charge in [0.25, 0.3) is 0 Å². The van der Waals surface area contributed by atoms with Gasteiger partial charge in [0.1, 0.15) is 6.10 Å². The van der Waals surface area contributed by atoms with Crippen molar-refractivity contribution in [2.75, 3.05) is 0 Å². The monoisotopic (exact) mass is 663 g/mol. The topological polar surface area (TPSA) is 26.3 Å². The van der Waals surface area contributed by atoms with Gasteiger partial charge in [-0.3, -0.25) is 4.79 Å². The van der Waals surface area contributed by atoms with E-state index in [9.17, 15) is 4.79 Å². The first-order chi connectivity index (χ1) is 22.7. The van der Waals surface area contributed by atoms with E-state index in [4.69, 9.17) is 4.74 Å². The van der Waals surface area contributed by atoms with Crippen LogP contribution in [-0.2, 0) is 9.53 Å². The number of unbranched alkanes of at least 4 members (excludes halogenated alkanes) is 12. The van der Waals surface area contributed by atoms with Crippen LogP contribution in [-0.4, -0.2) is 12.1 Å². The van der Waals surface area contributed by atoms with Crippen LogP contribution in [0.15, 0.2) is 23.3 Å². The summed E-state index contributed by atoms with van der Waals surface area (Å²) in [7, 11) is 0. The summed E-state index contributed by atoms with van der Waals surface area (Å²) in [5.41, 5.74) is 4.65. The van der Waals surface area contributed by atoms with E-state index < -0.39 is 0 Å². The van der Waals surface area contributed by atoms with Gasteiger partial charge in [-0.15, -0.1) is 0 Å². The molecule has 0 radical (unpaired) electrons. The van der Waals surface area contributed by atoms with E-state index in [1.165, 1.54) is 116 Å². The lowest BCUT2D eigenvalue weighted by molar-refractivity contribution is -0.174. The van der Waals surface area contributed by atoms with Crippen molar-refractivity contribution in [2.45, 2.75) is 210 Å². The van der Waals surface area contributed by atoms with Gasteiger partial charge in [0, 0.05) is 11.8 Å². The van der Waals surface area contributed by atoms with E-state index in [1.807, 2.05) is 0 Å². The predicted molar refractivity (Wildman–Crippen MR) is 205 cm³/mol. The molecule has 2 heteroatoms. The van der Waals surface area contributed by atoms with E-state index in [-0.39, 0.29) is 33.7 Å². The van der Waals surface area contributed by atoms with Gasteiger partial charge in [0.2, 0.25) is 0 Å². The third-order valence-corrected chi connectivity index (χ3v) is 16.5. The number of allylic oxidation sites excluding steroid dienone is 4. The van der Waals surface area contributed by atoms with Crippen molar-refractivity contribution in [3.05, 3.63) is 23.3 Å². The molecule has 274 valence electrons. The Morgan fingerprint density at radius 1 is 0.688 bits per heavy atom. The number of carbonyl (C=O) groups excluding carboxylic acids is 1. The Morgan fingerprint density at radius 3 is 1.92 bits per heavy atom. The minimum absolute atomic E-state index is 0.00974. The first-order valence-corrected chi connectivity index (χ1v) is 21.4. The summed E-state index contributed by atoms with van der Waals surface area (Å²) < 4.78 is 6.40. The van der Waals surface area contributed by atoms with E-state index in [1.54, 1.807) is 11.1 Å². The van der Waals surface area contributed by atoms with Crippen molar-refractivity contribution in [1.29, 1.82) is 0 Å². The molecule has 48 heavy (non-hydrogen) atoms. The van der Waals surface area contributed by atoms with Crippen molar-refractivity contribution in [3.63, 3.8) is 0 Å². The number of rotatable bonds is 15. The molecular formula is C46H78O2. The molecule has 4 fully saturated rings. The lowest BCUT2D eigenvalue weighted by Crippen LogP contribution is -2.61. The Labute approximate surface area is 298 Å². The Kier molecular flexibility index (Phi) is 12.2. The van der Waals surface area contributed by atoms with E-state index >= 15 is 0 Å². The minimum atomic E-state index is -0.00974. The van der Waals surface area contributed by atoms with Crippen LogP contribution in [0.5, 0.6) is 0 Å². The maximum absolute atomic E-state index is 13.2. The molecule has 0 spiro atoms. The maximum atomic E-state index is 13.2. The molecule has 9 atom stereocenters. The number of fused-ring (bicyclic) bond motifs is 7. The second-order valence-electron chi connectivity index (χ2n) is 19.7. The normalized spacial score (nSPS) is 40.1. The first-order valence-electron chi connectivity index (χ1n) is 21.4. The van der Waals surface area contributed by atoms with E-state index in [0.29, 0.717) is 17.8 Å². The highest BCUT2D eigenvalue weighted by atomic mass is 16.5. The molecule has 5 aliphatic rings. The second kappa shape index (κ2) is 15.3. The molecule has 0 aromatic rings. The summed E-state index contributed by atoms with van der Waals surface area (Å²) in [6, 6.07) is 0. The SMILES string of the molecule is CCCCCCCCCCCCCCCC(=O)OC1CCC2(C)C3=CC=C4C5C(C)C(C)CCC5(C)CCC4(C)C3(C)CCC2C1(C)C. The predicted octanol–water partition coefficient (Wildman–Crippen LogP) is 14.0. The Morgan fingerprint density at radius 2 is 1.29 bits per heavy atom. The molecule has 4 saturated carbocycles. The van der Waals surface area contributed by atoms with Gasteiger partial charge >= 0.3 is 5.97 Å². The van der Waals surface area contributed by atoms with Crippen LogP contribution in [0, 0.1) is 50.7 Å². The van der Waals surface area contributed by atoms with Crippen molar-refractivity contribution in [3.8, 4) is 0 Å². The van der Waals surface area contributed by atoms with Crippen LogP contribution < -0.4 is 0 Å². The number of hydrogen-bond acceptors (Lipinski definition) is 2. The standard InChI is InChI=1S/C46H78O2/c1-10-11-12-13-14-15-16-17-18-19-20-21-22-23-40(47)48-39-28-30-44(7)37(42(39,4)5)27-31-46(9)38(44)25-24-36-41-35(3)34(2)26-29-43(41,6)32-33-45(36,46)8/h24-25,34-35,37,39,41H,10-23,26-33H2,1-9H3. The van der Waals surface area contributed by atoms with Gasteiger partial charge < -0.3 is 4.74 Å². The fourth-order valence-electron chi connectivity index (χ4n) is 12.9. The molecule has 0 heterocycles. The van der Waals surface area contributed by atoms with Crippen LogP contribution in [0.3, 0.4) is 0 Å². The third-order valence-electron chi connectivity index (χ3n) is 16.5. The van der Waals surface area contributed by atoms with Crippen molar-refractivity contribution in [1.82, 2.24) is 0 Å². The number of hydrogen-bond donors (Lipinski definition) is 0.